The highest BCUT2D eigenvalue weighted by Crippen LogP contribution is 2.05. The van der Waals surface area contributed by atoms with E-state index in [0.29, 0.717) is 5.56 Å². The molecule has 33 heavy (non-hydrogen) atoms. The standard InChI is InChI=1S/C20H26N4O9/c21-12(6-7-16(26)27)18(30)22-10-15(25)23-13(9-17(28)29)19(31)24-14(20(32)33)8-11-4-2-1-3-5-11/h1-5,12-14H,6-10,21H2,(H,22,30)(H,23,25)(H,24,31)(H,26,27)(H,28,29)(H,32,33). The molecule has 1 aromatic carbocycles. The van der Waals surface area contributed by atoms with Crippen molar-refractivity contribution in [1.29, 1.82) is 0 Å². The topological polar surface area (TPSA) is 225 Å². The number of hydrogen-bond donors (Lipinski definition) is 7. The van der Waals surface area contributed by atoms with Gasteiger partial charge < -0.3 is 37.0 Å². The normalized spacial score (nSPS) is 13.1. The van der Waals surface area contributed by atoms with Gasteiger partial charge in [0, 0.05) is 12.8 Å². The minimum Gasteiger partial charge on any atom is -0.481 e. The predicted molar refractivity (Wildman–Crippen MR) is 112 cm³/mol. The van der Waals surface area contributed by atoms with Gasteiger partial charge in [0.2, 0.25) is 17.7 Å². The maximum Gasteiger partial charge on any atom is 0.326 e. The quantitative estimate of drug-likeness (QED) is 0.161. The molecule has 0 aliphatic heterocycles. The van der Waals surface area contributed by atoms with Crippen molar-refractivity contribution in [1.82, 2.24) is 16.0 Å². The Morgan fingerprint density at radius 2 is 1.48 bits per heavy atom. The van der Waals surface area contributed by atoms with Gasteiger partial charge in [0.25, 0.3) is 0 Å². The van der Waals surface area contributed by atoms with Gasteiger partial charge in [0.1, 0.15) is 12.1 Å². The molecule has 3 atom stereocenters. The van der Waals surface area contributed by atoms with Gasteiger partial charge in [-0.25, -0.2) is 4.79 Å². The molecule has 180 valence electrons. The number of hydrogen-bond acceptors (Lipinski definition) is 7. The van der Waals surface area contributed by atoms with Crippen LogP contribution in [0.2, 0.25) is 0 Å². The molecule has 0 radical (unpaired) electrons. The van der Waals surface area contributed by atoms with E-state index in [0.717, 1.165) is 0 Å². The van der Waals surface area contributed by atoms with Crippen LogP contribution in [0, 0.1) is 0 Å². The Hall–Kier alpha value is -4.00. The first-order valence-corrected chi connectivity index (χ1v) is 9.83. The number of carboxylic acid groups (broad SMARTS) is 3. The molecular weight excluding hydrogens is 440 g/mol. The van der Waals surface area contributed by atoms with Crippen molar-refractivity contribution in [2.24, 2.45) is 5.73 Å². The molecule has 0 bridgehead atoms. The smallest absolute Gasteiger partial charge is 0.326 e. The second kappa shape index (κ2) is 13.4. The van der Waals surface area contributed by atoms with Gasteiger partial charge in [-0.2, -0.15) is 0 Å². The summed E-state index contributed by atoms with van der Waals surface area (Å²) in [5.41, 5.74) is 6.13. The van der Waals surface area contributed by atoms with E-state index in [1.165, 1.54) is 0 Å². The van der Waals surface area contributed by atoms with Gasteiger partial charge in [-0.1, -0.05) is 30.3 Å². The fraction of sp³-hybridized carbons (Fsp3) is 0.400. The van der Waals surface area contributed by atoms with E-state index in [-0.39, 0.29) is 19.3 Å². The molecule has 0 aromatic heterocycles. The lowest BCUT2D eigenvalue weighted by Gasteiger charge is -2.21. The number of benzene rings is 1. The molecular formula is C20H26N4O9. The van der Waals surface area contributed by atoms with Gasteiger partial charge in [0.15, 0.2) is 0 Å². The number of carboxylic acids is 3. The summed E-state index contributed by atoms with van der Waals surface area (Å²) in [6.07, 6.45) is -1.42. The summed E-state index contributed by atoms with van der Waals surface area (Å²) in [4.78, 5) is 69.5. The average molecular weight is 466 g/mol. The number of amides is 3. The summed E-state index contributed by atoms with van der Waals surface area (Å²) in [5.74, 6) is -6.69. The van der Waals surface area contributed by atoms with Crippen LogP contribution >= 0.6 is 0 Å². The van der Waals surface area contributed by atoms with E-state index < -0.39 is 66.7 Å². The number of carbonyl (C=O) groups excluding carboxylic acids is 3. The first-order valence-electron chi connectivity index (χ1n) is 9.83. The third-order valence-electron chi connectivity index (χ3n) is 4.36. The van der Waals surface area contributed by atoms with Crippen LogP contribution < -0.4 is 21.7 Å². The minimum atomic E-state index is -1.61. The van der Waals surface area contributed by atoms with Crippen molar-refractivity contribution >= 4 is 35.6 Å². The maximum atomic E-state index is 12.5. The zero-order chi connectivity index (χ0) is 25.0. The van der Waals surface area contributed by atoms with E-state index in [1.54, 1.807) is 30.3 Å². The minimum absolute atomic E-state index is 0.0695. The first kappa shape index (κ1) is 27.0. The molecule has 0 saturated carbocycles. The van der Waals surface area contributed by atoms with Crippen molar-refractivity contribution < 1.29 is 44.1 Å². The highest BCUT2D eigenvalue weighted by Gasteiger charge is 2.28. The van der Waals surface area contributed by atoms with Crippen LogP contribution in [0.5, 0.6) is 0 Å². The van der Waals surface area contributed by atoms with E-state index >= 15 is 0 Å². The molecule has 1 rings (SSSR count). The monoisotopic (exact) mass is 466 g/mol. The van der Waals surface area contributed by atoms with Crippen molar-refractivity contribution in [2.45, 2.75) is 43.8 Å². The molecule has 1 aromatic rings. The van der Waals surface area contributed by atoms with Crippen LogP contribution in [-0.2, 0) is 35.2 Å². The molecule has 3 unspecified atom stereocenters. The van der Waals surface area contributed by atoms with Gasteiger partial charge in [0.05, 0.1) is 19.0 Å². The first-order chi connectivity index (χ1) is 15.5. The van der Waals surface area contributed by atoms with Gasteiger partial charge >= 0.3 is 17.9 Å². The highest BCUT2D eigenvalue weighted by atomic mass is 16.4. The largest absolute Gasteiger partial charge is 0.481 e. The summed E-state index contributed by atoms with van der Waals surface area (Å²) >= 11 is 0. The zero-order valence-electron chi connectivity index (χ0n) is 17.5. The number of nitrogens with two attached hydrogens (primary N) is 1. The Bertz CT molecular complexity index is 876. The fourth-order valence-corrected chi connectivity index (χ4v) is 2.66. The Morgan fingerprint density at radius 3 is 2.03 bits per heavy atom. The average Bonchev–Trinajstić information content (AvgIpc) is 2.75. The molecule has 3 amide bonds. The van der Waals surface area contributed by atoms with Crippen molar-refractivity contribution in [2.75, 3.05) is 6.54 Å². The Kier molecular flexibility index (Phi) is 11.0. The number of aliphatic carboxylic acids is 3. The molecule has 0 saturated heterocycles. The van der Waals surface area contributed by atoms with Crippen molar-refractivity contribution in [3.8, 4) is 0 Å². The SMILES string of the molecule is NC(CCC(=O)O)C(=O)NCC(=O)NC(CC(=O)O)C(=O)NC(Cc1ccccc1)C(=O)O. The molecule has 0 aliphatic carbocycles. The summed E-state index contributed by atoms with van der Waals surface area (Å²) in [5, 5.41) is 33.5. The van der Waals surface area contributed by atoms with Crippen molar-refractivity contribution in [3.05, 3.63) is 35.9 Å². The van der Waals surface area contributed by atoms with E-state index in [2.05, 4.69) is 16.0 Å². The number of nitrogens with one attached hydrogen (secondary N) is 3. The lowest BCUT2D eigenvalue weighted by Crippen LogP contribution is -2.54. The van der Waals surface area contributed by atoms with Crippen LogP contribution in [0.1, 0.15) is 24.8 Å². The third kappa shape index (κ3) is 10.7. The summed E-state index contributed by atoms with van der Waals surface area (Å²) in [6, 6.07) is 4.25. The van der Waals surface area contributed by atoms with E-state index in [9.17, 15) is 33.9 Å². The molecule has 13 nitrogen and oxygen atoms in total. The molecule has 8 N–H and O–H groups in total. The lowest BCUT2D eigenvalue weighted by atomic mass is 10.1. The molecule has 0 aliphatic rings. The lowest BCUT2D eigenvalue weighted by molar-refractivity contribution is -0.143. The number of carbonyl (C=O) groups is 6. The van der Waals surface area contributed by atoms with Crippen LogP contribution in [0.15, 0.2) is 30.3 Å². The second-order valence-electron chi connectivity index (χ2n) is 7.06. The molecule has 0 heterocycles. The zero-order valence-corrected chi connectivity index (χ0v) is 17.5. The van der Waals surface area contributed by atoms with Gasteiger partial charge in [-0.05, 0) is 12.0 Å². The van der Waals surface area contributed by atoms with Crippen LogP contribution in [0.3, 0.4) is 0 Å². The second-order valence-corrected chi connectivity index (χ2v) is 7.06. The highest BCUT2D eigenvalue weighted by molar-refractivity contribution is 5.94. The Labute approximate surface area is 188 Å². The fourth-order valence-electron chi connectivity index (χ4n) is 2.66. The third-order valence-corrected chi connectivity index (χ3v) is 4.36. The van der Waals surface area contributed by atoms with Crippen molar-refractivity contribution in [3.63, 3.8) is 0 Å². The Morgan fingerprint density at radius 1 is 0.848 bits per heavy atom. The molecule has 0 fully saturated rings. The molecule has 13 heteroatoms. The summed E-state index contributed by atoms with van der Waals surface area (Å²) in [6.45, 7) is -0.657. The van der Waals surface area contributed by atoms with Crippen LogP contribution in [0.25, 0.3) is 0 Å². The number of rotatable bonds is 14. The maximum absolute atomic E-state index is 12.5. The summed E-state index contributed by atoms with van der Waals surface area (Å²) < 4.78 is 0. The summed E-state index contributed by atoms with van der Waals surface area (Å²) in [7, 11) is 0. The molecule has 0 spiro atoms. The van der Waals surface area contributed by atoms with Crippen LogP contribution in [-0.4, -0.2) is 75.6 Å². The van der Waals surface area contributed by atoms with E-state index in [4.69, 9.17) is 15.9 Å². The van der Waals surface area contributed by atoms with Gasteiger partial charge in [-0.3, -0.25) is 24.0 Å². The van der Waals surface area contributed by atoms with Gasteiger partial charge in [-0.15, -0.1) is 0 Å². The Balaban J connectivity index is 2.71. The van der Waals surface area contributed by atoms with E-state index in [1.807, 2.05) is 0 Å². The van der Waals surface area contributed by atoms with Crippen LogP contribution in [0.4, 0.5) is 0 Å². The predicted octanol–water partition coefficient (Wildman–Crippen LogP) is -1.93.